The molecular weight excluding hydrogens is 1080 g/mol. The van der Waals surface area contributed by atoms with E-state index in [1.54, 1.807) is 6.08 Å². The quantitative estimate of drug-likeness (QED) is 0.0208. The summed E-state index contributed by atoms with van der Waals surface area (Å²) in [6.07, 6.45) is 28.0. The number of carbonyl (C=O) groups excluding carboxylic acids is 1. The maximum Gasteiger partial charge on any atom is 0.220 e. The molecule has 0 aromatic rings. The van der Waals surface area contributed by atoms with E-state index in [0.29, 0.717) is 12.8 Å². The van der Waals surface area contributed by atoms with Gasteiger partial charge in [-0.3, -0.25) is 4.79 Å². The molecule has 0 saturated carbocycles. The molecule has 0 aromatic heterocycles. The van der Waals surface area contributed by atoms with Crippen LogP contribution in [0, 0.1) is 0 Å². The summed E-state index contributed by atoms with van der Waals surface area (Å²) in [6.45, 7) is 1.70. The lowest BCUT2D eigenvalue weighted by Crippen LogP contribution is -2.66. The number of rotatable bonds is 49. The van der Waals surface area contributed by atoms with Gasteiger partial charge in [-0.15, -0.1) is 0 Å². The van der Waals surface area contributed by atoms with Crippen LogP contribution in [0.2, 0.25) is 0 Å². The summed E-state index contributed by atoms with van der Waals surface area (Å²) < 4.78 is 34.3. The minimum Gasteiger partial charge on any atom is -0.394 e. The number of hydrogen-bond donors (Lipinski definition) is 12. The van der Waals surface area contributed by atoms with Crippen molar-refractivity contribution in [3.05, 3.63) is 48.6 Å². The fourth-order valence-corrected chi connectivity index (χ4v) is 10.9. The molecule has 19 heteroatoms. The largest absolute Gasteiger partial charge is 0.394 e. The Hall–Kier alpha value is -2.25. The predicted octanol–water partition coefficient (Wildman–Crippen LogP) is 7.43. The number of aliphatic hydroxyl groups is 11. The number of unbranched alkanes of at least 4 members (excludes halogenated alkanes) is 27. The van der Waals surface area contributed by atoms with E-state index in [-0.39, 0.29) is 18.9 Å². The molecule has 0 radical (unpaired) electrons. The van der Waals surface area contributed by atoms with E-state index in [4.69, 9.17) is 28.4 Å². The first-order valence-electron chi connectivity index (χ1n) is 32.9. The van der Waals surface area contributed by atoms with E-state index < -0.39 is 124 Å². The average Bonchev–Trinajstić information content (AvgIpc) is 3.69. The van der Waals surface area contributed by atoms with E-state index in [0.717, 1.165) is 51.4 Å². The van der Waals surface area contributed by atoms with Gasteiger partial charge in [0.15, 0.2) is 18.9 Å². The van der Waals surface area contributed by atoms with E-state index in [9.17, 15) is 61.0 Å². The maximum absolute atomic E-state index is 13.4. The van der Waals surface area contributed by atoms with Crippen LogP contribution in [0.3, 0.4) is 0 Å². The molecule has 0 bridgehead atoms. The van der Waals surface area contributed by atoms with Gasteiger partial charge in [0.25, 0.3) is 0 Å². The van der Waals surface area contributed by atoms with Gasteiger partial charge in [0.1, 0.15) is 73.2 Å². The Balaban J connectivity index is 1.47. The highest BCUT2D eigenvalue weighted by atomic mass is 16.8. The fraction of sp³-hybridized carbons (Fsp3) is 0.862. The molecule has 3 aliphatic rings. The Bertz CT molecular complexity index is 1720. The van der Waals surface area contributed by atoms with Crippen LogP contribution in [0.5, 0.6) is 0 Å². The summed E-state index contributed by atoms with van der Waals surface area (Å²) in [5.41, 5.74) is 0. The van der Waals surface area contributed by atoms with Gasteiger partial charge in [0.05, 0.1) is 38.6 Å². The summed E-state index contributed by atoms with van der Waals surface area (Å²) in [5.74, 6) is -0.288. The topological polar surface area (TPSA) is 307 Å². The van der Waals surface area contributed by atoms with E-state index in [2.05, 4.69) is 55.6 Å². The van der Waals surface area contributed by atoms with Crippen molar-refractivity contribution in [3.8, 4) is 0 Å². The molecule has 3 fully saturated rings. The highest BCUT2D eigenvalue weighted by Gasteiger charge is 2.53. The molecule has 19 nitrogen and oxygen atoms in total. The minimum atomic E-state index is -1.98. The standard InChI is InChI=1S/C65H117NO18/c1-3-5-7-9-11-13-15-17-19-21-22-23-24-25-26-27-29-31-33-35-37-39-41-43-53(71)66-48(49(70)42-40-38-36-34-32-30-28-20-18-16-14-12-10-8-6-4-2)47-79-63-59(77)56(74)61(51(45-68)81-63)84-65-60(78)57(75)62(52(46-69)82-65)83-64-58(76)55(73)54(72)50(44-67)80-64/h15,17,21-22,32,34,40,42,48-52,54-65,67-70,72-78H,3-14,16,18-20,23-31,33,35-39,41,43-47H2,1-2H3,(H,66,71)/b17-15-,22-21-,34-32+,42-40+. The molecule has 3 heterocycles. The molecule has 1 amide bonds. The molecule has 3 rings (SSSR count). The van der Waals surface area contributed by atoms with Crippen molar-refractivity contribution < 1.29 is 89.4 Å². The van der Waals surface area contributed by atoms with Gasteiger partial charge in [0, 0.05) is 6.42 Å². The highest BCUT2D eigenvalue weighted by Crippen LogP contribution is 2.33. The highest BCUT2D eigenvalue weighted by molar-refractivity contribution is 5.76. The van der Waals surface area contributed by atoms with Crippen LogP contribution in [0.15, 0.2) is 48.6 Å². The first-order chi connectivity index (χ1) is 40.8. The van der Waals surface area contributed by atoms with Gasteiger partial charge in [-0.2, -0.15) is 0 Å². The van der Waals surface area contributed by atoms with E-state index >= 15 is 0 Å². The lowest BCUT2D eigenvalue weighted by molar-refractivity contribution is -0.379. The van der Waals surface area contributed by atoms with Crippen molar-refractivity contribution in [2.75, 3.05) is 26.4 Å². The number of carbonyl (C=O) groups is 1. The van der Waals surface area contributed by atoms with Crippen LogP contribution < -0.4 is 5.32 Å². The second-order valence-corrected chi connectivity index (χ2v) is 23.6. The van der Waals surface area contributed by atoms with E-state index in [1.165, 1.54) is 141 Å². The molecule has 490 valence electrons. The fourth-order valence-electron chi connectivity index (χ4n) is 10.9. The Morgan fingerprint density at radius 3 is 1.26 bits per heavy atom. The molecule has 0 spiro atoms. The van der Waals surface area contributed by atoms with Crippen molar-refractivity contribution >= 4 is 5.91 Å². The molecule has 3 saturated heterocycles. The number of amides is 1. The summed E-state index contributed by atoms with van der Waals surface area (Å²) >= 11 is 0. The Morgan fingerprint density at radius 1 is 0.429 bits per heavy atom. The van der Waals surface area contributed by atoms with Crippen molar-refractivity contribution in [1.29, 1.82) is 0 Å². The third-order valence-corrected chi connectivity index (χ3v) is 16.3. The Labute approximate surface area is 503 Å². The SMILES string of the molecule is CCCCCCC/C=C\C/C=C\CCCCCCCCCCCCCC(=O)NC(COC1OC(CO)C(OC2OC(CO)C(OC3OC(CO)C(O)C(O)C3O)C(O)C2O)C(O)C1O)C(O)/C=C/CC/C=C/CCCCCCCCCCCC. The zero-order valence-corrected chi connectivity index (χ0v) is 51.4. The van der Waals surface area contributed by atoms with Gasteiger partial charge in [-0.25, -0.2) is 0 Å². The normalized spacial score (nSPS) is 29.5. The zero-order valence-electron chi connectivity index (χ0n) is 51.4. The first-order valence-corrected chi connectivity index (χ1v) is 32.9. The third-order valence-electron chi connectivity index (χ3n) is 16.3. The lowest BCUT2D eigenvalue weighted by atomic mass is 9.96. The molecule has 84 heavy (non-hydrogen) atoms. The van der Waals surface area contributed by atoms with Gasteiger partial charge in [-0.1, -0.05) is 204 Å². The van der Waals surface area contributed by atoms with Gasteiger partial charge < -0.3 is 89.9 Å². The monoisotopic (exact) mass is 1200 g/mol. The van der Waals surface area contributed by atoms with Crippen molar-refractivity contribution in [2.24, 2.45) is 0 Å². The third kappa shape index (κ3) is 30.3. The van der Waals surface area contributed by atoms with Gasteiger partial charge in [-0.05, 0) is 64.2 Å². The van der Waals surface area contributed by atoms with Gasteiger partial charge >= 0.3 is 0 Å². The molecule has 12 N–H and O–H groups in total. The first kappa shape index (κ1) is 76.0. The minimum absolute atomic E-state index is 0.232. The molecule has 17 atom stereocenters. The van der Waals surface area contributed by atoms with Crippen molar-refractivity contribution in [2.45, 2.75) is 330 Å². The number of aliphatic hydroxyl groups excluding tert-OH is 11. The van der Waals surface area contributed by atoms with Crippen LogP contribution in [0.4, 0.5) is 0 Å². The van der Waals surface area contributed by atoms with Crippen LogP contribution in [0.25, 0.3) is 0 Å². The van der Waals surface area contributed by atoms with Crippen LogP contribution in [-0.4, -0.2) is 193 Å². The van der Waals surface area contributed by atoms with Crippen molar-refractivity contribution in [1.82, 2.24) is 5.32 Å². The maximum atomic E-state index is 13.4. The Morgan fingerprint density at radius 2 is 0.798 bits per heavy atom. The van der Waals surface area contributed by atoms with Crippen molar-refractivity contribution in [3.63, 3.8) is 0 Å². The number of ether oxygens (including phenoxy) is 6. The zero-order chi connectivity index (χ0) is 61.2. The number of hydrogen-bond acceptors (Lipinski definition) is 18. The molecular formula is C65H117NO18. The second-order valence-electron chi connectivity index (χ2n) is 23.6. The smallest absolute Gasteiger partial charge is 0.220 e. The second kappa shape index (κ2) is 47.7. The predicted molar refractivity (Wildman–Crippen MR) is 323 cm³/mol. The average molecular weight is 1200 g/mol. The summed E-state index contributed by atoms with van der Waals surface area (Å²) in [6, 6.07) is -0.991. The van der Waals surface area contributed by atoms with Crippen LogP contribution in [-0.2, 0) is 33.2 Å². The molecule has 17 unspecified atom stereocenters. The van der Waals surface area contributed by atoms with E-state index in [1.807, 2.05) is 6.08 Å². The van der Waals surface area contributed by atoms with Gasteiger partial charge in [0.2, 0.25) is 5.91 Å². The molecule has 3 aliphatic heterocycles. The lowest BCUT2D eigenvalue weighted by Gasteiger charge is -2.48. The summed E-state index contributed by atoms with van der Waals surface area (Å²) in [7, 11) is 0. The van der Waals surface area contributed by atoms with Crippen LogP contribution in [0.1, 0.15) is 226 Å². The van der Waals surface area contributed by atoms with Crippen LogP contribution >= 0.6 is 0 Å². The number of allylic oxidation sites excluding steroid dienone is 7. The summed E-state index contributed by atoms with van der Waals surface area (Å²) in [5, 5.41) is 120. The Kier molecular flexibility index (Phi) is 43.2. The molecule has 0 aliphatic carbocycles. The number of nitrogens with one attached hydrogen (secondary N) is 1. The summed E-state index contributed by atoms with van der Waals surface area (Å²) in [4.78, 5) is 13.4. The molecule has 0 aromatic carbocycles.